The summed E-state index contributed by atoms with van der Waals surface area (Å²) in [5.41, 5.74) is 4.79. The van der Waals surface area contributed by atoms with Crippen molar-refractivity contribution in [3.05, 3.63) is 188 Å². The molecule has 0 saturated heterocycles. The van der Waals surface area contributed by atoms with Gasteiger partial charge in [0.1, 0.15) is 0 Å². The summed E-state index contributed by atoms with van der Waals surface area (Å²) in [6.07, 6.45) is 0. The van der Waals surface area contributed by atoms with Crippen molar-refractivity contribution in [3.63, 3.8) is 0 Å². The van der Waals surface area contributed by atoms with Crippen molar-refractivity contribution in [2.24, 2.45) is 0 Å². The van der Waals surface area contributed by atoms with Crippen molar-refractivity contribution in [2.75, 3.05) is 0 Å². The summed E-state index contributed by atoms with van der Waals surface area (Å²) in [6, 6.07) is 68.4. The lowest BCUT2D eigenvalue weighted by Gasteiger charge is -2.34. The molecule has 0 fully saturated rings. The Balaban J connectivity index is 1.45. The van der Waals surface area contributed by atoms with E-state index in [-0.39, 0.29) is 0 Å². The van der Waals surface area contributed by atoms with Crippen LogP contribution in [0.25, 0.3) is 43.8 Å². The zero-order valence-electron chi connectivity index (χ0n) is 25.8. The van der Waals surface area contributed by atoms with Gasteiger partial charge in [0.05, 0.1) is 0 Å². The third-order valence-electron chi connectivity index (χ3n) is 9.43. The van der Waals surface area contributed by atoms with Gasteiger partial charge < -0.3 is 0 Å². The number of benzene rings is 8. The molecular formula is C44H32OPSi+. The van der Waals surface area contributed by atoms with E-state index < -0.39 is 16.5 Å². The minimum Gasteiger partial charge on any atom is -0.0707 e. The van der Waals surface area contributed by atoms with E-state index in [2.05, 4.69) is 176 Å². The molecule has 0 aliphatic rings. The third-order valence-corrected chi connectivity index (χ3v) is 14.8. The van der Waals surface area contributed by atoms with Gasteiger partial charge in [0.2, 0.25) is 0 Å². The topological polar surface area (TPSA) is 17.1 Å². The summed E-state index contributed by atoms with van der Waals surface area (Å²) in [6.45, 7) is 0. The molecule has 222 valence electrons. The number of rotatable bonds is 7. The fourth-order valence-corrected chi connectivity index (χ4v) is 12.5. The van der Waals surface area contributed by atoms with Gasteiger partial charge in [0, 0.05) is 0 Å². The van der Waals surface area contributed by atoms with Gasteiger partial charge in [-0.05, 0) is 88.8 Å². The Bertz CT molecular complexity index is 2200. The smallest absolute Gasteiger partial charge is 0.0707 e. The fourth-order valence-electron chi connectivity index (χ4n) is 7.43. The maximum atomic E-state index is 11.6. The standard InChI is InChI=1S/C44H31OPSi/c45-46-34-29-27-32(28-30-34)43-39-23-10-12-25-41(39)44(42-26-13-11-24-40(42)43)33-15-14-22-38(31-33)47(35-16-4-1-5-17-35,36-18-6-2-7-19-36)37-20-8-3-9-21-37/h1-31H/p+1. The zero-order valence-corrected chi connectivity index (χ0v) is 27.8. The van der Waals surface area contributed by atoms with E-state index in [0.29, 0.717) is 0 Å². The van der Waals surface area contributed by atoms with Gasteiger partial charge in [-0.2, -0.15) is 0 Å². The van der Waals surface area contributed by atoms with Gasteiger partial charge in [-0.1, -0.05) is 168 Å². The van der Waals surface area contributed by atoms with E-state index in [9.17, 15) is 4.57 Å². The molecule has 8 aromatic rings. The molecule has 0 heterocycles. The van der Waals surface area contributed by atoms with Crippen molar-refractivity contribution < 1.29 is 4.57 Å². The summed E-state index contributed by atoms with van der Waals surface area (Å²) >= 11 is 0. The average molecular weight is 636 g/mol. The Morgan fingerprint density at radius 3 is 1.15 bits per heavy atom. The average Bonchev–Trinajstić information content (AvgIpc) is 3.16. The van der Waals surface area contributed by atoms with Gasteiger partial charge in [-0.15, -0.1) is 0 Å². The van der Waals surface area contributed by atoms with Crippen LogP contribution in [0.15, 0.2) is 188 Å². The zero-order chi connectivity index (χ0) is 31.6. The van der Waals surface area contributed by atoms with E-state index in [1.165, 1.54) is 59.0 Å². The highest BCUT2D eigenvalue weighted by molar-refractivity contribution is 7.34. The predicted octanol–water partition coefficient (Wildman–Crippen LogP) is 8.35. The van der Waals surface area contributed by atoms with Crippen LogP contribution in [0.1, 0.15) is 0 Å². The van der Waals surface area contributed by atoms with Crippen LogP contribution in [0, 0.1) is 0 Å². The predicted molar refractivity (Wildman–Crippen MR) is 205 cm³/mol. The minimum atomic E-state index is -2.70. The maximum Gasteiger partial charge on any atom is 0.363 e. The van der Waals surface area contributed by atoms with Gasteiger partial charge >= 0.3 is 8.46 Å². The fraction of sp³-hybridized carbons (Fsp3) is 0. The highest BCUT2D eigenvalue weighted by atomic mass is 31.1. The van der Waals surface area contributed by atoms with Crippen molar-refractivity contribution in [1.82, 2.24) is 0 Å². The highest BCUT2D eigenvalue weighted by Crippen LogP contribution is 2.43. The molecule has 0 bridgehead atoms. The highest BCUT2D eigenvalue weighted by Gasteiger charge is 2.41. The molecule has 8 rings (SSSR count). The lowest BCUT2D eigenvalue weighted by atomic mass is 9.86. The van der Waals surface area contributed by atoms with Crippen molar-refractivity contribution in [1.29, 1.82) is 0 Å². The molecule has 0 N–H and O–H groups in total. The molecule has 1 atom stereocenters. The summed E-state index contributed by atoms with van der Waals surface area (Å²) < 4.78 is 11.6. The van der Waals surface area contributed by atoms with E-state index in [0.717, 1.165) is 10.9 Å². The molecule has 0 aromatic heterocycles. The van der Waals surface area contributed by atoms with Gasteiger partial charge in [-0.3, -0.25) is 0 Å². The molecule has 0 radical (unpaired) electrons. The molecule has 0 spiro atoms. The normalized spacial score (nSPS) is 11.7. The SMILES string of the molecule is O=[PH+]c1ccc(-c2c3ccccc3c(-c3cccc([Si](c4ccccc4)(c4ccccc4)c4ccccc4)c3)c3ccccc23)cc1. The van der Waals surface area contributed by atoms with Gasteiger partial charge in [-0.25, -0.2) is 0 Å². The summed E-state index contributed by atoms with van der Waals surface area (Å²) in [7, 11) is -3.16. The first-order valence-corrected chi connectivity index (χ1v) is 18.9. The van der Waals surface area contributed by atoms with Crippen LogP contribution in [0.4, 0.5) is 0 Å². The second-order valence-electron chi connectivity index (χ2n) is 11.9. The lowest BCUT2D eigenvalue weighted by molar-refractivity contribution is 0.603. The monoisotopic (exact) mass is 635 g/mol. The van der Waals surface area contributed by atoms with Crippen LogP contribution in [-0.2, 0) is 4.57 Å². The first-order chi connectivity index (χ1) is 23.3. The Hall–Kier alpha value is -5.40. The molecule has 3 heteroatoms. The maximum absolute atomic E-state index is 11.6. The number of hydrogen-bond donors (Lipinski definition) is 0. The second-order valence-corrected chi connectivity index (χ2v) is 16.5. The Kier molecular flexibility index (Phi) is 7.67. The Labute approximate surface area is 278 Å². The van der Waals surface area contributed by atoms with Crippen LogP contribution in [0.3, 0.4) is 0 Å². The molecular weight excluding hydrogens is 604 g/mol. The van der Waals surface area contributed by atoms with Crippen LogP contribution in [-0.4, -0.2) is 8.07 Å². The Morgan fingerprint density at radius 1 is 0.340 bits per heavy atom. The van der Waals surface area contributed by atoms with E-state index in [4.69, 9.17) is 0 Å². The largest absolute Gasteiger partial charge is 0.363 e. The third kappa shape index (κ3) is 4.94. The van der Waals surface area contributed by atoms with Crippen molar-refractivity contribution in [3.8, 4) is 22.3 Å². The van der Waals surface area contributed by atoms with Crippen LogP contribution < -0.4 is 26.1 Å². The van der Waals surface area contributed by atoms with Crippen LogP contribution >= 0.6 is 8.46 Å². The molecule has 47 heavy (non-hydrogen) atoms. The van der Waals surface area contributed by atoms with E-state index in [1.54, 1.807) is 0 Å². The number of fused-ring (bicyclic) bond motifs is 2. The van der Waals surface area contributed by atoms with Gasteiger partial charge in [0.25, 0.3) is 0 Å². The van der Waals surface area contributed by atoms with Crippen molar-refractivity contribution in [2.45, 2.75) is 0 Å². The first kappa shape index (κ1) is 29.0. The molecule has 1 unspecified atom stereocenters. The van der Waals surface area contributed by atoms with Crippen LogP contribution in [0.5, 0.6) is 0 Å². The molecule has 0 amide bonds. The second kappa shape index (κ2) is 12.4. The molecule has 0 aliphatic carbocycles. The lowest BCUT2D eigenvalue weighted by Crippen LogP contribution is -2.74. The molecule has 0 aliphatic heterocycles. The van der Waals surface area contributed by atoms with Crippen LogP contribution in [0.2, 0.25) is 0 Å². The van der Waals surface area contributed by atoms with Crippen molar-refractivity contribution >= 4 is 64.1 Å². The first-order valence-electron chi connectivity index (χ1n) is 16.0. The van der Waals surface area contributed by atoms with E-state index in [1.807, 2.05) is 12.1 Å². The van der Waals surface area contributed by atoms with E-state index >= 15 is 0 Å². The molecule has 8 aromatic carbocycles. The summed E-state index contributed by atoms with van der Waals surface area (Å²) in [5.74, 6) is 0. The number of hydrogen-bond acceptors (Lipinski definition) is 1. The molecule has 1 nitrogen and oxygen atoms in total. The molecule has 0 saturated carbocycles. The quantitative estimate of drug-likeness (QED) is 0.0745. The summed E-state index contributed by atoms with van der Waals surface area (Å²) in [4.78, 5) is 0. The van der Waals surface area contributed by atoms with Gasteiger partial charge in [0.15, 0.2) is 13.4 Å². The summed E-state index contributed by atoms with van der Waals surface area (Å²) in [5, 5.41) is 11.1. The Morgan fingerprint density at radius 2 is 0.723 bits per heavy atom. The minimum absolute atomic E-state index is 0.459.